The number of benzene rings is 2. The molecular formula is C23H25F3N2O3S. The molecule has 0 radical (unpaired) electrons. The van der Waals surface area contributed by atoms with Crippen LogP contribution in [0.5, 0.6) is 0 Å². The van der Waals surface area contributed by atoms with E-state index in [1.807, 2.05) is 6.07 Å². The van der Waals surface area contributed by atoms with Gasteiger partial charge in [0.05, 0.1) is 6.54 Å². The zero-order valence-electron chi connectivity index (χ0n) is 17.4. The molecule has 0 aromatic heterocycles. The summed E-state index contributed by atoms with van der Waals surface area (Å²) in [5.41, 5.74) is 1.35. The molecule has 2 aliphatic rings. The zero-order chi connectivity index (χ0) is 23.1. The number of primary sulfonamides is 1. The van der Waals surface area contributed by atoms with Gasteiger partial charge in [0.15, 0.2) is 5.78 Å². The lowest BCUT2D eigenvalue weighted by Crippen LogP contribution is -2.41. The van der Waals surface area contributed by atoms with Gasteiger partial charge in [0, 0.05) is 36.1 Å². The standard InChI is InChI=1S/C23H25F3N2O3S/c24-21-17(7-4-8-19(21)15-5-2-1-3-6-15)12-28-13-18(23(25,26)14-28)11-20(32(27,30)31)22(29)16-9-10-16/h1-8,16,18,20H,9-14H2,(H2,27,30,31)/t18-,20?/m1/s1. The number of sulfonamides is 1. The maximum atomic E-state index is 15.1. The molecule has 2 aromatic carbocycles. The van der Waals surface area contributed by atoms with Crippen LogP contribution in [-0.4, -0.2) is 43.4 Å². The van der Waals surface area contributed by atoms with E-state index in [-0.39, 0.29) is 18.7 Å². The summed E-state index contributed by atoms with van der Waals surface area (Å²) in [6, 6.07) is 13.8. The molecule has 2 N–H and O–H groups in total. The summed E-state index contributed by atoms with van der Waals surface area (Å²) in [7, 11) is -4.29. The Morgan fingerprint density at radius 2 is 1.81 bits per heavy atom. The molecule has 1 aliphatic heterocycles. The second kappa shape index (κ2) is 8.61. The minimum atomic E-state index is -4.29. The van der Waals surface area contributed by atoms with E-state index >= 15 is 4.39 Å². The predicted molar refractivity (Wildman–Crippen MR) is 115 cm³/mol. The van der Waals surface area contributed by atoms with Crippen molar-refractivity contribution in [3.05, 3.63) is 59.9 Å². The molecule has 0 amide bonds. The molecule has 172 valence electrons. The highest BCUT2D eigenvalue weighted by molar-refractivity contribution is 7.90. The van der Waals surface area contributed by atoms with Crippen LogP contribution in [0.2, 0.25) is 0 Å². The first-order valence-electron chi connectivity index (χ1n) is 10.5. The van der Waals surface area contributed by atoms with Crippen LogP contribution in [0.15, 0.2) is 48.5 Å². The molecule has 32 heavy (non-hydrogen) atoms. The third-order valence-electron chi connectivity index (χ3n) is 6.26. The topological polar surface area (TPSA) is 80.5 Å². The molecule has 5 nitrogen and oxygen atoms in total. The number of nitrogens with two attached hydrogens (primary N) is 1. The summed E-state index contributed by atoms with van der Waals surface area (Å²) in [4.78, 5) is 13.8. The summed E-state index contributed by atoms with van der Waals surface area (Å²) < 4.78 is 68.5. The van der Waals surface area contributed by atoms with Gasteiger partial charge in [-0.25, -0.2) is 26.7 Å². The van der Waals surface area contributed by atoms with E-state index in [2.05, 4.69) is 0 Å². The Morgan fingerprint density at radius 1 is 1.12 bits per heavy atom. The lowest BCUT2D eigenvalue weighted by Gasteiger charge is -2.22. The summed E-state index contributed by atoms with van der Waals surface area (Å²) in [5, 5.41) is 3.58. The fourth-order valence-corrected chi connectivity index (χ4v) is 5.41. The van der Waals surface area contributed by atoms with Crippen molar-refractivity contribution in [1.82, 2.24) is 4.90 Å². The van der Waals surface area contributed by atoms with Crippen LogP contribution >= 0.6 is 0 Å². The first-order valence-corrected chi connectivity index (χ1v) is 12.2. The number of hydrogen-bond acceptors (Lipinski definition) is 4. The molecule has 2 atom stereocenters. The number of alkyl halides is 2. The lowest BCUT2D eigenvalue weighted by molar-refractivity contribution is -0.120. The average molecular weight is 467 g/mol. The maximum absolute atomic E-state index is 15.1. The first-order chi connectivity index (χ1) is 15.1. The van der Waals surface area contributed by atoms with Gasteiger partial charge in [-0.05, 0) is 24.8 Å². The summed E-state index contributed by atoms with van der Waals surface area (Å²) in [6.07, 6.45) is 0.605. The molecule has 4 rings (SSSR count). The number of carbonyl (C=O) groups is 1. The largest absolute Gasteiger partial charge is 0.298 e. The van der Waals surface area contributed by atoms with E-state index in [1.165, 1.54) is 4.90 Å². The van der Waals surface area contributed by atoms with Gasteiger partial charge in [-0.2, -0.15) is 0 Å². The van der Waals surface area contributed by atoms with E-state index in [9.17, 15) is 22.0 Å². The van der Waals surface area contributed by atoms with E-state index in [4.69, 9.17) is 5.14 Å². The molecule has 1 aliphatic carbocycles. The highest BCUT2D eigenvalue weighted by Gasteiger charge is 2.51. The van der Waals surface area contributed by atoms with Gasteiger partial charge in [0.25, 0.3) is 5.92 Å². The molecule has 1 saturated carbocycles. The number of likely N-dealkylation sites (tertiary alicyclic amines) is 1. The van der Waals surface area contributed by atoms with E-state index in [0.29, 0.717) is 24.0 Å². The Morgan fingerprint density at radius 3 is 2.44 bits per heavy atom. The van der Waals surface area contributed by atoms with Crippen LogP contribution in [0, 0.1) is 17.7 Å². The number of ketones is 1. The van der Waals surface area contributed by atoms with Crippen LogP contribution in [0.3, 0.4) is 0 Å². The molecular weight excluding hydrogens is 441 g/mol. The Balaban J connectivity index is 1.51. The summed E-state index contributed by atoms with van der Waals surface area (Å²) >= 11 is 0. The number of rotatable bonds is 8. The van der Waals surface area contributed by atoms with Crippen LogP contribution in [-0.2, 0) is 21.4 Å². The van der Waals surface area contributed by atoms with Gasteiger partial charge >= 0.3 is 0 Å². The van der Waals surface area contributed by atoms with Crippen LogP contribution in [0.4, 0.5) is 13.2 Å². The second-order valence-corrected chi connectivity index (χ2v) is 10.5. The van der Waals surface area contributed by atoms with Gasteiger partial charge < -0.3 is 0 Å². The molecule has 2 aromatic rings. The van der Waals surface area contributed by atoms with Crippen LogP contribution in [0.25, 0.3) is 11.1 Å². The summed E-state index contributed by atoms with van der Waals surface area (Å²) in [5.74, 6) is -6.01. The predicted octanol–water partition coefficient (Wildman–Crippen LogP) is 3.59. The number of nitrogens with zero attached hydrogens (tertiary/aromatic N) is 1. The SMILES string of the molecule is NS(=O)(=O)C(C[C@@H]1CN(Cc2cccc(-c3ccccc3)c2F)CC1(F)F)C(=O)C1CC1. The van der Waals surface area contributed by atoms with Crippen LogP contribution in [0.1, 0.15) is 24.8 Å². The van der Waals surface area contributed by atoms with Gasteiger partial charge in [-0.1, -0.05) is 48.5 Å². The average Bonchev–Trinajstić information content (AvgIpc) is 3.52. The number of hydrogen-bond donors (Lipinski definition) is 1. The van der Waals surface area contributed by atoms with Gasteiger partial charge in [-0.15, -0.1) is 0 Å². The van der Waals surface area contributed by atoms with E-state index in [1.54, 1.807) is 42.5 Å². The molecule has 1 unspecified atom stereocenters. The number of Topliss-reactive ketones (excluding diaryl/α,β-unsaturated/α-hetero) is 1. The lowest BCUT2D eigenvalue weighted by atomic mass is 9.96. The first kappa shape index (κ1) is 22.9. The zero-order valence-corrected chi connectivity index (χ0v) is 18.2. The smallest absolute Gasteiger partial charge is 0.264 e. The normalized spacial score (nSPS) is 22.1. The van der Waals surface area contributed by atoms with Crippen molar-refractivity contribution in [2.24, 2.45) is 17.0 Å². The Bertz CT molecular complexity index is 1100. The Hall–Kier alpha value is -2.23. The third-order valence-corrected chi connectivity index (χ3v) is 7.48. The number of carbonyl (C=O) groups excluding carboxylic acids is 1. The fraction of sp³-hybridized carbons (Fsp3) is 0.435. The maximum Gasteiger partial charge on any atom is 0.264 e. The van der Waals surface area contributed by atoms with Crippen molar-refractivity contribution in [3.63, 3.8) is 0 Å². The van der Waals surface area contributed by atoms with Crippen molar-refractivity contribution in [1.29, 1.82) is 0 Å². The van der Waals surface area contributed by atoms with Crippen molar-refractivity contribution >= 4 is 15.8 Å². The second-order valence-electron chi connectivity index (χ2n) is 8.76. The summed E-state index contributed by atoms with van der Waals surface area (Å²) in [6.45, 7) is -0.831. The van der Waals surface area contributed by atoms with E-state index in [0.717, 1.165) is 0 Å². The van der Waals surface area contributed by atoms with Gasteiger partial charge in [0.2, 0.25) is 10.0 Å². The third kappa shape index (κ3) is 4.89. The Kier molecular flexibility index (Phi) is 6.17. The fourth-order valence-electron chi connectivity index (χ4n) is 4.39. The van der Waals surface area contributed by atoms with Gasteiger partial charge in [-0.3, -0.25) is 9.69 Å². The highest BCUT2D eigenvalue weighted by Crippen LogP contribution is 2.40. The van der Waals surface area contributed by atoms with Crippen molar-refractivity contribution < 1.29 is 26.4 Å². The minimum absolute atomic E-state index is 0.0464. The Labute approximate surface area is 185 Å². The molecule has 1 heterocycles. The van der Waals surface area contributed by atoms with E-state index < -0.39 is 57.6 Å². The monoisotopic (exact) mass is 466 g/mol. The molecule has 0 bridgehead atoms. The quantitative estimate of drug-likeness (QED) is 0.645. The van der Waals surface area contributed by atoms with Crippen molar-refractivity contribution in [3.8, 4) is 11.1 Å². The molecule has 2 fully saturated rings. The highest BCUT2D eigenvalue weighted by atomic mass is 32.2. The molecule has 1 saturated heterocycles. The number of halogens is 3. The van der Waals surface area contributed by atoms with Gasteiger partial charge in [0.1, 0.15) is 11.1 Å². The minimum Gasteiger partial charge on any atom is -0.298 e. The van der Waals surface area contributed by atoms with Crippen molar-refractivity contribution in [2.45, 2.75) is 37.0 Å². The van der Waals surface area contributed by atoms with Crippen LogP contribution < -0.4 is 5.14 Å². The van der Waals surface area contributed by atoms with Crippen molar-refractivity contribution in [2.75, 3.05) is 13.1 Å². The molecule has 0 spiro atoms. The molecule has 9 heteroatoms.